The summed E-state index contributed by atoms with van der Waals surface area (Å²) < 4.78 is 0. The van der Waals surface area contributed by atoms with Crippen LogP contribution in [0.25, 0.3) is 0 Å². The highest BCUT2D eigenvalue weighted by Crippen LogP contribution is 2.36. The predicted molar refractivity (Wildman–Crippen MR) is 81.5 cm³/mol. The van der Waals surface area contributed by atoms with Crippen LogP contribution < -0.4 is 5.32 Å². The summed E-state index contributed by atoms with van der Waals surface area (Å²) in [5.74, 6) is 2.65. The van der Waals surface area contributed by atoms with Crippen LogP contribution in [0, 0.1) is 5.41 Å². The Bertz CT molecular complexity index is 251. The third-order valence-corrected chi connectivity index (χ3v) is 5.62. The summed E-state index contributed by atoms with van der Waals surface area (Å²) in [7, 11) is 2.32. The van der Waals surface area contributed by atoms with Gasteiger partial charge in [0.1, 0.15) is 0 Å². The Labute approximate surface area is 117 Å². The lowest BCUT2D eigenvalue weighted by Crippen LogP contribution is -2.51. The SMILES string of the molecule is CN(CCN1CCNCC1)C1CSCCC1(C)C. The van der Waals surface area contributed by atoms with E-state index in [-0.39, 0.29) is 0 Å². The van der Waals surface area contributed by atoms with Crippen molar-refractivity contribution in [3.8, 4) is 0 Å². The van der Waals surface area contributed by atoms with Crippen molar-refractivity contribution < 1.29 is 0 Å². The van der Waals surface area contributed by atoms with Gasteiger partial charge < -0.3 is 10.2 Å². The first-order chi connectivity index (χ1) is 8.59. The van der Waals surface area contributed by atoms with Crippen molar-refractivity contribution >= 4 is 11.8 Å². The Morgan fingerprint density at radius 2 is 2.06 bits per heavy atom. The molecule has 1 atom stereocenters. The molecule has 3 nitrogen and oxygen atoms in total. The van der Waals surface area contributed by atoms with Gasteiger partial charge in [-0.15, -0.1) is 0 Å². The van der Waals surface area contributed by atoms with Gasteiger partial charge >= 0.3 is 0 Å². The van der Waals surface area contributed by atoms with E-state index in [1.807, 2.05) is 0 Å². The lowest BCUT2D eigenvalue weighted by molar-refractivity contribution is 0.105. The number of nitrogens with one attached hydrogen (secondary N) is 1. The van der Waals surface area contributed by atoms with Crippen molar-refractivity contribution in [2.75, 3.05) is 57.8 Å². The quantitative estimate of drug-likeness (QED) is 0.832. The number of thioether (sulfide) groups is 1. The van der Waals surface area contributed by atoms with Crippen molar-refractivity contribution in [1.29, 1.82) is 0 Å². The third kappa shape index (κ3) is 3.86. The molecule has 1 N–H and O–H groups in total. The molecule has 0 aromatic carbocycles. The molecular weight excluding hydrogens is 242 g/mol. The highest BCUT2D eigenvalue weighted by atomic mass is 32.2. The molecule has 2 rings (SSSR count). The summed E-state index contributed by atoms with van der Waals surface area (Å²) in [5, 5.41) is 3.42. The molecule has 0 aliphatic carbocycles. The molecule has 4 heteroatoms. The number of hydrogen-bond donors (Lipinski definition) is 1. The Balaban J connectivity index is 1.77. The average molecular weight is 271 g/mol. The zero-order chi connectivity index (χ0) is 13.0. The van der Waals surface area contributed by atoms with Gasteiger partial charge in [-0.3, -0.25) is 4.90 Å². The predicted octanol–water partition coefficient (Wildman–Crippen LogP) is 1.36. The monoisotopic (exact) mass is 271 g/mol. The highest BCUT2D eigenvalue weighted by Gasteiger charge is 2.35. The van der Waals surface area contributed by atoms with Gasteiger partial charge in [0.15, 0.2) is 0 Å². The molecule has 0 aromatic rings. The Morgan fingerprint density at radius 3 is 2.72 bits per heavy atom. The van der Waals surface area contributed by atoms with Crippen molar-refractivity contribution in [2.45, 2.75) is 26.3 Å². The molecule has 1 unspecified atom stereocenters. The van der Waals surface area contributed by atoms with Gasteiger partial charge in [0, 0.05) is 51.1 Å². The lowest BCUT2D eigenvalue weighted by atomic mass is 9.81. The number of piperazine rings is 1. The smallest absolute Gasteiger partial charge is 0.0235 e. The van der Waals surface area contributed by atoms with E-state index < -0.39 is 0 Å². The Morgan fingerprint density at radius 1 is 1.33 bits per heavy atom. The summed E-state index contributed by atoms with van der Waals surface area (Å²) in [6.45, 7) is 12.1. The molecule has 0 amide bonds. The fraction of sp³-hybridized carbons (Fsp3) is 1.00. The van der Waals surface area contributed by atoms with Gasteiger partial charge in [0.25, 0.3) is 0 Å². The first kappa shape index (κ1) is 14.6. The summed E-state index contributed by atoms with van der Waals surface area (Å²) in [4.78, 5) is 5.20. The van der Waals surface area contributed by atoms with E-state index in [0.29, 0.717) is 5.41 Å². The van der Waals surface area contributed by atoms with Crippen molar-refractivity contribution in [3.63, 3.8) is 0 Å². The lowest BCUT2D eigenvalue weighted by Gasteiger charge is -2.44. The van der Waals surface area contributed by atoms with Crippen LogP contribution in [0.5, 0.6) is 0 Å². The largest absolute Gasteiger partial charge is 0.314 e. The molecule has 0 bridgehead atoms. The fourth-order valence-electron chi connectivity index (χ4n) is 3.04. The molecule has 2 saturated heterocycles. The van der Waals surface area contributed by atoms with E-state index in [1.165, 1.54) is 44.1 Å². The summed E-state index contributed by atoms with van der Waals surface area (Å²) in [6, 6.07) is 0.749. The maximum absolute atomic E-state index is 3.42. The van der Waals surface area contributed by atoms with Crippen LogP contribution in [-0.2, 0) is 0 Å². The normalized spacial score (nSPS) is 29.7. The Hall–Kier alpha value is 0.230. The number of nitrogens with zero attached hydrogens (tertiary/aromatic N) is 2. The minimum absolute atomic E-state index is 0.490. The average Bonchev–Trinajstić information content (AvgIpc) is 2.37. The van der Waals surface area contributed by atoms with E-state index in [1.54, 1.807) is 0 Å². The zero-order valence-corrected chi connectivity index (χ0v) is 13.1. The number of likely N-dealkylation sites (N-methyl/N-ethyl adjacent to an activating group) is 1. The fourth-order valence-corrected chi connectivity index (χ4v) is 4.80. The summed E-state index contributed by atoms with van der Waals surface area (Å²) in [6.07, 6.45) is 1.36. The van der Waals surface area contributed by atoms with Crippen molar-refractivity contribution in [2.24, 2.45) is 5.41 Å². The maximum Gasteiger partial charge on any atom is 0.0235 e. The molecule has 2 heterocycles. The molecule has 0 saturated carbocycles. The Kier molecular flexibility index (Phi) is 5.36. The molecule has 106 valence electrons. The van der Waals surface area contributed by atoms with E-state index in [2.05, 4.69) is 47.8 Å². The molecule has 0 spiro atoms. The number of rotatable bonds is 4. The second kappa shape index (κ2) is 6.60. The van der Waals surface area contributed by atoms with Gasteiger partial charge in [-0.05, 0) is 24.6 Å². The highest BCUT2D eigenvalue weighted by molar-refractivity contribution is 7.99. The van der Waals surface area contributed by atoms with E-state index >= 15 is 0 Å². The first-order valence-electron chi connectivity index (χ1n) is 7.31. The van der Waals surface area contributed by atoms with Gasteiger partial charge in [-0.2, -0.15) is 11.8 Å². The van der Waals surface area contributed by atoms with Gasteiger partial charge in [-0.25, -0.2) is 0 Å². The van der Waals surface area contributed by atoms with E-state index in [4.69, 9.17) is 0 Å². The molecular formula is C14H29N3S. The molecule has 0 radical (unpaired) electrons. The summed E-state index contributed by atoms with van der Waals surface area (Å²) in [5.41, 5.74) is 0.490. The maximum atomic E-state index is 3.42. The van der Waals surface area contributed by atoms with Crippen LogP contribution >= 0.6 is 11.8 Å². The summed E-state index contributed by atoms with van der Waals surface area (Å²) >= 11 is 2.13. The van der Waals surface area contributed by atoms with E-state index in [9.17, 15) is 0 Å². The van der Waals surface area contributed by atoms with Gasteiger partial charge in [0.05, 0.1) is 0 Å². The van der Waals surface area contributed by atoms with Crippen LogP contribution in [0.1, 0.15) is 20.3 Å². The third-order valence-electron chi connectivity index (χ3n) is 4.58. The van der Waals surface area contributed by atoms with Gasteiger partial charge in [0.2, 0.25) is 0 Å². The minimum atomic E-state index is 0.490. The van der Waals surface area contributed by atoms with Crippen LogP contribution in [0.3, 0.4) is 0 Å². The van der Waals surface area contributed by atoms with Gasteiger partial charge in [-0.1, -0.05) is 13.8 Å². The minimum Gasteiger partial charge on any atom is -0.314 e. The molecule has 2 aliphatic rings. The van der Waals surface area contributed by atoms with Crippen LogP contribution in [0.15, 0.2) is 0 Å². The molecule has 18 heavy (non-hydrogen) atoms. The van der Waals surface area contributed by atoms with E-state index in [0.717, 1.165) is 19.1 Å². The topological polar surface area (TPSA) is 18.5 Å². The standard InChI is InChI=1S/C14H29N3S/c1-14(2)4-11-18-12-13(14)16(3)9-10-17-7-5-15-6-8-17/h13,15H,4-12H2,1-3H3. The molecule has 2 aliphatic heterocycles. The molecule has 0 aromatic heterocycles. The molecule has 2 fully saturated rings. The van der Waals surface area contributed by atoms with Crippen molar-refractivity contribution in [3.05, 3.63) is 0 Å². The van der Waals surface area contributed by atoms with Crippen LogP contribution in [0.4, 0.5) is 0 Å². The van der Waals surface area contributed by atoms with Crippen molar-refractivity contribution in [1.82, 2.24) is 15.1 Å². The van der Waals surface area contributed by atoms with Crippen LogP contribution in [0.2, 0.25) is 0 Å². The second-order valence-corrected chi connectivity index (χ2v) is 7.55. The zero-order valence-electron chi connectivity index (χ0n) is 12.2. The van der Waals surface area contributed by atoms with Crippen LogP contribution in [-0.4, -0.2) is 73.7 Å². The number of hydrogen-bond acceptors (Lipinski definition) is 4. The second-order valence-electron chi connectivity index (χ2n) is 6.40. The first-order valence-corrected chi connectivity index (χ1v) is 8.46.